The molecule has 5 nitrogen and oxygen atoms in total. The predicted molar refractivity (Wildman–Crippen MR) is 105 cm³/mol. The lowest BCUT2D eigenvalue weighted by Crippen LogP contribution is -2.67. The van der Waals surface area contributed by atoms with Gasteiger partial charge in [-0.05, 0) is 43.4 Å². The Morgan fingerprint density at radius 1 is 1.18 bits per heavy atom. The number of ketones is 1. The lowest BCUT2D eigenvalue weighted by atomic mass is 9.41. The third-order valence-corrected chi connectivity index (χ3v) is 7.84. The summed E-state index contributed by atoms with van der Waals surface area (Å²) in [5, 5.41) is 21.6. The number of hydrogen-bond acceptors (Lipinski definition) is 5. The maximum Gasteiger partial charge on any atom is 0.170 e. The van der Waals surface area contributed by atoms with Gasteiger partial charge < -0.3 is 14.9 Å². The molecular weight excluding hydrogens is 356 g/mol. The normalized spacial score (nSPS) is 32.0. The number of phenols is 2. The third kappa shape index (κ3) is 2.37. The van der Waals surface area contributed by atoms with Gasteiger partial charge in [-0.25, -0.2) is 0 Å². The zero-order valence-electron chi connectivity index (χ0n) is 17.3. The molecule has 0 spiro atoms. The fraction of sp³-hybridized carbons (Fsp3) is 0.652. The van der Waals surface area contributed by atoms with Gasteiger partial charge >= 0.3 is 0 Å². The fourth-order valence-electron chi connectivity index (χ4n) is 6.08. The summed E-state index contributed by atoms with van der Waals surface area (Å²) in [4.78, 5) is 24.5. The van der Waals surface area contributed by atoms with Crippen LogP contribution >= 0.6 is 0 Å². The van der Waals surface area contributed by atoms with E-state index in [-0.39, 0.29) is 52.1 Å². The Labute approximate surface area is 166 Å². The van der Waals surface area contributed by atoms with Crippen molar-refractivity contribution in [1.29, 1.82) is 0 Å². The van der Waals surface area contributed by atoms with E-state index in [0.29, 0.717) is 30.1 Å². The second-order valence-electron chi connectivity index (χ2n) is 10.2. The molecule has 5 rings (SSSR count). The molecule has 4 atom stereocenters. The van der Waals surface area contributed by atoms with E-state index < -0.39 is 11.4 Å². The van der Waals surface area contributed by atoms with Gasteiger partial charge in [0.2, 0.25) is 0 Å². The summed E-state index contributed by atoms with van der Waals surface area (Å²) in [6, 6.07) is 0. The van der Waals surface area contributed by atoms with Gasteiger partial charge in [0.1, 0.15) is 28.4 Å². The number of carbonyl (C=O) groups is 2. The van der Waals surface area contributed by atoms with Crippen molar-refractivity contribution in [3.8, 4) is 17.2 Å². The number of fused-ring (bicyclic) bond motifs is 1. The number of benzene rings is 1. The SMILES string of the molecule is CC(C)CC(=O)c1c(O)c(C=O)c2c(c1O)C[C@H]1C[C@H]3C[C@H](C3(C)C)[C@]1(C)O2. The number of phenolic OH excluding ortho intramolecular Hbond substituents is 2. The van der Waals surface area contributed by atoms with E-state index >= 15 is 0 Å². The van der Waals surface area contributed by atoms with Gasteiger partial charge in [0.15, 0.2) is 12.1 Å². The first kappa shape index (κ1) is 19.3. The van der Waals surface area contributed by atoms with E-state index in [1.165, 1.54) is 0 Å². The summed E-state index contributed by atoms with van der Waals surface area (Å²) in [5.74, 6) is 0.525. The highest BCUT2D eigenvalue weighted by atomic mass is 16.5. The molecule has 28 heavy (non-hydrogen) atoms. The van der Waals surface area contributed by atoms with Crippen LogP contribution in [-0.4, -0.2) is 27.9 Å². The Kier molecular flexibility index (Phi) is 4.12. The maximum absolute atomic E-state index is 12.7. The highest BCUT2D eigenvalue weighted by Gasteiger charge is 2.65. The lowest BCUT2D eigenvalue weighted by Gasteiger charge is -2.67. The summed E-state index contributed by atoms with van der Waals surface area (Å²) in [6.07, 6.45) is 3.41. The molecule has 1 aromatic carbocycles. The van der Waals surface area contributed by atoms with Gasteiger partial charge in [0.05, 0.1) is 5.56 Å². The lowest BCUT2D eigenvalue weighted by molar-refractivity contribution is -0.217. The van der Waals surface area contributed by atoms with E-state index in [9.17, 15) is 19.8 Å². The van der Waals surface area contributed by atoms with Crippen molar-refractivity contribution < 1.29 is 24.5 Å². The largest absolute Gasteiger partial charge is 0.507 e. The zero-order valence-corrected chi connectivity index (χ0v) is 17.3. The molecule has 5 heteroatoms. The first-order valence-corrected chi connectivity index (χ1v) is 10.3. The summed E-state index contributed by atoms with van der Waals surface area (Å²) in [7, 11) is 0. The first-order valence-electron chi connectivity index (χ1n) is 10.3. The Hall–Kier alpha value is -2.04. The second kappa shape index (κ2) is 5.98. The molecule has 0 amide bonds. The zero-order chi connectivity index (χ0) is 20.6. The molecule has 0 aromatic heterocycles. The third-order valence-electron chi connectivity index (χ3n) is 7.84. The summed E-state index contributed by atoms with van der Waals surface area (Å²) in [6.45, 7) is 10.4. The Balaban J connectivity index is 1.84. The minimum atomic E-state index is -0.458. The van der Waals surface area contributed by atoms with Crippen molar-refractivity contribution >= 4 is 12.1 Å². The minimum absolute atomic E-state index is 0.0150. The number of ether oxygens (including phenoxy) is 1. The quantitative estimate of drug-likeness (QED) is 0.587. The summed E-state index contributed by atoms with van der Waals surface area (Å²) >= 11 is 0. The molecule has 3 aliphatic carbocycles. The van der Waals surface area contributed by atoms with Crippen molar-refractivity contribution in [3.05, 3.63) is 16.7 Å². The van der Waals surface area contributed by atoms with Crippen LogP contribution in [0.1, 0.15) is 80.2 Å². The van der Waals surface area contributed by atoms with Crippen LogP contribution < -0.4 is 4.74 Å². The van der Waals surface area contributed by atoms with Crippen LogP contribution in [-0.2, 0) is 6.42 Å². The van der Waals surface area contributed by atoms with Crippen molar-refractivity contribution in [1.82, 2.24) is 0 Å². The minimum Gasteiger partial charge on any atom is -0.507 e. The second-order valence-corrected chi connectivity index (χ2v) is 10.2. The number of rotatable bonds is 4. The highest BCUT2D eigenvalue weighted by Crippen LogP contribution is 2.67. The van der Waals surface area contributed by atoms with E-state index in [4.69, 9.17) is 4.74 Å². The van der Waals surface area contributed by atoms with Crippen LogP contribution in [0.2, 0.25) is 0 Å². The van der Waals surface area contributed by atoms with Crippen LogP contribution in [0.25, 0.3) is 0 Å². The number of aldehydes is 1. The van der Waals surface area contributed by atoms with E-state index in [1.807, 2.05) is 13.8 Å². The fourth-order valence-corrected chi connectivity index (χ4v) is 6.08. The average molecular weight is 386 g/mol. The molecule has 4 aliphatic rings. The summed E-state index contributed by atoms with van der Waals surface area (Å²) < 4.78 is 6.45. The van der Waals surface area contributed by atoms with Crippen molar-refractivity contribution in [2.24, 2.45) is 29.1 Å². The monoisotopic (exact) mass is 386 g/mol. The molecule has 0 radical (unpaired) electrons. The molecule has 3 fully saturated rings. The predicted octanol–water partition coefficient (Wildman–Crippen LogP) is 4.51. The van der Waals surface area contributed by atoms with Crippen LogP contribution in [0.4, 0.5) is 0 Å². The molecule has 1 aromatic rings. The van der Waals surface area contributed by atoms with Crippen LogP contribution in [0.3, 0.4) is 0 Å². The van der Waals surface area contributed by atoms with Gasteiger partial charge in [-0.2, -0.15) is 0 Å². The van der Waals surface area contributed by atoms with Gasteiger partial charge in [-0.1, -0.05) is 27.7 Å². The highest BCUT2D eigenvalue weighted by molar-refractivity contribution is 6.05. The van der Waals surface area contributed by atoms with E-state index in [1.54, 1.807) is 0 Å². The molecule has 2 bridgehead atoms. The standard InChI is InChI=1S/C23H30O5/c1-11(2)6-16(25)18-19(26)14-8-13-7-12-9-17(22(12,3)4)23(13,5)28-21(14)15(10-24)20(18)27/h10-13,17,26-27H,6-9H2,1-5H3/t12-,13+,17+,23+/m0/s1. The number of Topliss-reactive ketones (excluding diaryl/α,β-unsaturated/α-hetero) is 1. The molecule has 0 saturated heterocycles. The van der Waals surface area contributed by atoms with Crippen molar-refractivity contribution in [2.45, 2.75) is 65.9 Å². The maximum atomic E-state index is 12.7. The molecular formula is C23H30O5. The Bertz CT molecular complexity index is 868. The van der Waals surface area contributed by atoms with Gasteiger partial charge in [-0.15, -0.1) is 0 Å². The Morgan fingerprint density at radius 2 is 1.86 bits per heavy atom. The van der Waals surface area contributed by atoms with E-state index in [2.05, 4.69) is 20.8 Å². The summed E-state index contributed by atoms with van der Waals surface area (Å²) in [5.41, 5.74) is 0.0858. The number of carbonyl (C=O) groups excluding carboxylic acids is 2. The molecule has 0 unspecified atom stereocenters. The molecule has 1 heterocycles. The van der Waals surface area contributed by atoms with Crippen LogP contribution in [0.15, 0.2) is 0 Å². The smallest absolute Gasteiger partial charge is 0.170 e. The van der Waals surface area contributed by atoms with Gasteiger partial charge in [0, 0.05) is 23.8 Å². The van der Waals surface area contributed by atoms with Gasteiger partial charge in [-0.3, -0.25) is 9.59 Å². The average Bonchev–Trinajstić information content (AvgIpc) is 2.59. The number of hydrogen-bond donors (Lipinski definition) is 2. The number of aromatic hydroxyl groups is 2. The van der Waals surface area contributed by atoms with Crippen molar-refractivity contribution in [2.75, 3.05) is 0 Å². The topological polar surface area (TPSA) is 83.8 Å². The van der Waals surface area contributed by atoms with Gasteiger partial charge in [0.25, 0.3) is 0 Å². The van der Waals surface area contributed by atoms with Crippen LogP contribution in [0.5, 0.6) is 17.2 Å². The van der Waals surface area contributed by atoms with E-state index in [0.717, 1.165) is 12.8 Å². The van der Waals surface area contributed by atoms with Crippen molar-refractivity contribution in [3.63, 3.8) is 0 Å². The molecule has 2 N–H and O–H groups in total. The Morgan fingerprint density at radius 3 is 2.43 bits per heavy atom. The molecule has 1 aliphatic heterocycles. The first-order chi connectivity index (χ1) is 13.0. The molecule has 152 valence electrons. The van der Waals surface area contributed by atoms with Crippen LogP contribution in [0, 0.1) is 29.1 Å². The molecule has 3 saturated carbocycles.